The number of imide groups is 1. The highest BCUT2D eigenvalue weighted by molar-refractivity contribution is 9.10. The molecule has 0 N–H and O–H groups in total. The number of anilines is 2. The van der Waals surface area contributed by atoms with E-state index in [2.05, 4.69) is 15.9 Å². The van der Waals surface area contributed by atoms with Gasteiger partial charge in [-0.3, -0.25) is 19.3 Å². The van der Waals surface area contributed by atoms with E-state index in [1.165, 1.54) is 25.1 Å². The number of para-hydroxylation sites is 1. The van der Waals surface area contributed by atoms with E-state index in [0.717, 1.165) is 21.6 Å². The van der Waals surface area contributed by atoms with Gasteiger partial charge < -0.3 is 0 Å². The predicted octanol–water partition coefficient (Wildman–Crippen LogP) is 4.26. The Bertz CT molecular complexity index is 1130. The van der Waals surface area contributed by atoms with Crippen molar-refractivity contribution in [2.75, 3.05) is 9.80 Å². The van der Waals surface area contributed by atoms with Gasteiger partial charge in [-0.2, -0.15) is 0 Å². The van der Waals surface area contributed by atoms with Gasteiger partial charge in [0, 0.05) is 17.0 Å². The Morgan fingerprint density at radius 1 is 1.11 bits per heavy atom. The van der Waals surface area contributed by atoms with Gasteiger partial charge in [-0.15, -0.1) is 0 Å². The minimum absolute atomic E-state index is 0.0175. The third-order valence-corrected chi connectivity index (χ3v) is 6.16. The Labute approximate surface area is 177 Å². The van der Waals surface area contributed by atoms with Crippen molar-refractivity contribution in [3.63, 3.8) is 0 Å². The number of hydrogen-bond acceptors (Lipinski definition) is 5. The van der Waals surface area contributed by atoms with Gasteiger partial charge in [0.15, 0.2) is 4.32 Å². The number of nitrogens with zero attached hydrogens (tertiary/aromatic N) is 2. The van der Waals surface area contributed by atoms with Gasteiger partial charge in [-0.1, -0.05) is 52.0 Å². The van der Waals surface area contributed by atoms with Gasteiger partial charge in [0.1, 0.15) is 5.82 Å². The average Bonchev–Trinajstić information content (AvgIpc) is 3.08. The van der Waals surface area contributed by atoms with E-state index < -0.39 is 23.5 Å². The number of rotatable bonds is 1. The monoisotopic (exact) mass is 476 g/mol. The molecule has 0 spiro atoms. The first-order valence-electron chi connectivity index (χ1n) is 8.01. The standard InChI is InChI=1S/C19H10BrFN2O3S2/c1-9(24)22-13-7-6-10(20)8-11(13)15(17(22)25)16-18(26)23(19(27)28-16)14-5-3-2-4-12(14)21/h2-8H,1H3. The summed E-state index contributed by atoms with van der Waals surface area (Å²) in [5, 5.41) is 0. The zero-order chi connectivity index (χ0) is 20.2. The fraction of sp³-hybridized carbons (Fsp3) is 0.0526. The Hall–Kier alpha value is -2.36. The van der Waals surface area contributed by atoms with Crippen LogP contribution in [0.25, 0.3) is 5.57 Å². The third-order valence-electron chi connectivity index (χ3n) is 4.29. The van der Waals surface area contributed by atoms with Crippen molar-refractivity contribution in [1.82, 2.24) is 0 Å². The minimum Gasteiger partial charge on any atom is -0.274 e. The molecule has 0 radical (unpaired) electrons. The second-order valence-corrected chi connectivity index (χ2v) is 8.54. The number of benzene rings is 2. The molecular weight excluding hydrogens is 467 g/mol. The molecule has 1 fully saturated rings. The molecule has 0 atom stereocenters. The quantitative estimate of drug-likeness (QED) is 0.454. The first kappa shape index (κ1) is 19.0. The van der Waals surface area contributed by atoms with E-state index in [1.54, 1.807) is 24.3 Å². The normalized spacial score (nSPS) is 18.9. The SMILES string of the molecule is CC(=O)N1C(=O)C(=C2SC(=S)N(c3ccccc3F)C2=O)c2cc(Br)ccc21. The second kappa shape index (κ2) is 6.91. The summed E-state index contributed by atoms with van der Waals surface area (Å²) < 4.78 is 15.0. The van der Waals surface area contributed by atoms with E-state index in [1.807, 2.05) is 0 Å². The van der Waals surface area contributed by atoms with Gasteiger partial charge in [0.25, 0.3) is 11.8 Å². The Kier molecular flexibility index (Phi) is 4.68. The van der Waals surface area contributed by atoms with Crippen LogP contribution in [-0.2, 0) is 14.4 Å². The average molecular weight is 477 g/mol. The summed E-state index contributed by atoms with van der Waals surface area (Å²) >= 11 is 9.55. The molecule has 2 aliphatic rings. The molecule has 0 aliphatic carbocycles. The second-order valence-electron chi connectivity index (χ2n) is 5.99. The van der Waals surface area contributed by atoms with Crippen LogP contribution in [-0.4, -0.2) is 22.0 Å². The molecule has 2 aliphatic heterocycles. The van der Waals surface area contributed by atoms with Crippen molar-refractivity contribution in [3.8, 4) is 0 Å². The van der Waals surface area contributed by atoms with Crippen LogP contribution in [0.4, 0.5) is 15.8 Å². The minimum atomic E-state index is -0.602. The molecule has 3 amide bonds. The summed E-state index contributed by atoms with van der Waals surface area (Å²) in [7, 11) is 0. The zero-order valence-corrected chi connectivity index (χ0v) is 17.5. The Morgan fingerprint density at radius 3 is 2.50 bits per heavy atom. The number of hydrogen-bond donors (Lipinski definition) is 0. The van der Waals surface area contributed by atoms with Crippen molar-refractivity contribution in [2.24, 2.45) is 0 Å². The molecule has 140 valence electrons. The lowest BCUT2D eigenvalue weighted by molar-refractivity contribution is -0.122. The molecule has 2 aromatic rings. The van der Waals surface area contributed by atoms with Gasteiger partial charge in [0.05, 0.1) is 21.9 Å². The molecule has 0 unspecified atom stereocenters. The maximum absolute atomic E-state index is 14.2. The summed E-state index contributed by atoms with van der Waals surface area (Å²) in [4.78, 5) is 40.3. The maximum atomic E-state index is 14.2. The highest BCUT2D eigenvalue weighted by Gasteiger charge is 2.44. The van der Waals surface area contributed by atoms with Crippen LogP contribution in [0.3, 0.4) is 0 Å². The molecule has 2 aromatic carbocycles. The van der Waals surface area contributed by atoms with Crippen molar-refractivity contribution >= 4 is 78.9 Å². The van der Waals surface area contributed by atoms with Gasteiger partial charge in [0.2, 0.25) is 5.91 Å². The van der Waals surface area contributed by atoms with Crippen molar-refractivity contribution in [2.45, 2.75) is 6.92 Å². The van der Waals surface area contributed by atoms with Crippen LogP contribution in [0.15, 0.2) is 51.8 Å². The van der Waals surface area contributed by atoms with Crippen LogP contribution in [0, 0.1) is 5.82 Å². The number of halogens is 2. The highest BCUT2D eigenvalue weighted by atomic mass is 79.9. The van der Waals surface area contributed by atoms with Crippen molar-refractivity contribution in [3.05, 3.63) is 63.2 Å². The number of fused-ring (bicyclic) bond motifs is 1. The van der Waals surface area contributed by atoms with Crippen molar-refractivity contribution in [1.29, 1.82) is 0 Å². The molecule has 2 heterocycles. The molecule has 0 saturated carbocycles. The van der Waals surface area contributed by atoms with Gasteiger partial charge in [-0.25, -0.2) is 9.29 Å². The first-order chi connectivity index (χ1) is 13.3. The van der Waals surface area contributed by atoms with Crippen LogP contribution in [0.1, 0.15) is 12.5 Å². The molecule has 0 aromatic heterocycles. The van der Waals surface area contributed by atoms with Crippen LogP contribution < -0.4 is 9.80 Å². The fourth-order valence-corrected chi connectivity index (χ4v) is 4.85. The molecular formula is C19H10BrFN2O3S2. The molecule has 5 nitrogen and oxygen atoms in total. The lowest BCUT2D eigenvalue weighted by atomic mass is 10.1. The predicted molar refractivity (Wildman–Crippen MR) is 113 cm³/mol. The molecule has 28 heavy (non-hydrogen) atoms. The number of thioether (sulfide) groups is 1. The zero-order valence-electron chi connectivity index (χ0n) is 14.2. The Balaban J connectivity index is 1.91. The van der Waals surface area contributed by atoms with E-state index in [-0.39, 0.29) is 20.5 Å². The largest absolute Gasteiger partial charge is 0.274 e. The summed E-state index contributed by atoms with van der Waals surface area (Å²) in [6.07, 6.45) is 0. The first-order valence-corrected chi connectivity index (χ1v) is 10.0. The van der Waals surface area contributed by atoms with Gasteiger partial charge >= 0.3 is 0 Å². The number of amides is 3. The smallest absolute Gasteiger partial charge is 0.271 e. The van der Waals surface area contributed by atoms with Crippen LogP contribution in [0.5, 0.6) is 0 Å². The highest BCUT2D eigenvalue weighted by Crippen LogP contribution is 2.46. The Morgan fingerprint density at radius 2 is 1.82 bits per heavy atom. The molecule has 0 bridgehead atoms. The lowest BCUT2D eigenvalue weighted by Gasteiger charge is -2.15. The number of carbonyl (C=O) groups excluding carboxylic acids is 3. The van der Waals surface area contributed by atoms with E-state index in [4.69, 9.17) is 12.2 Å². The van der Waals surface area contributed by atoms with E-state index >= 15 is 0 Å². The number of thiocarbonyl (C=S) groups is 1. The lowest BCUT2D eigenvalue weighted by Crippen LogP contribution is -2.32. The number of carbonyl (C=O) groups is 3. The summed E-state index contributed by atoms with van der Waals surface area (Å²) in [6.45, 7) is 1.28. The van der Waals surface area contributed by atoms with Crippen molar-refractivity contribution < 1.29 is 18.8 Å². The maximum Gasteiger partial charge on any atom is 0.271 e. The molecule has 9 heteroatoms. The van der Waals surface area contributed by atoms with Crippen LogP contribution >= 0.6 is 39.9 Å². The van der Waals surface area contributed by atoms with Crippen LogP contribution in [0.2, 0.25) is 0 Å². The molecule has 4 rings (SSSR count). The van der Waals surface area contributed by atoms with E-state index in [0.29, 0.717) is 15.7 Å². The summed E-state index contributed by atoms with van der Waals surface area (Å²) in [5.74, 6) is -2.26. The topological polar surface area (TPSA) is 57.7 Å². The summed E-state index contributed by atoms with van der Waals surface area (Å²) in [6, 6.07) is 10.8. The summed E-state index contributed by atoms with van der Waals surface area (Å²) in [5.41, 5.74) is 0.946. The third kappa shape index (κ3) is 2.81. The molecule has 1 saturated heterocycles. The van der Waals surface area contributed by atoms with E-state index in [9.17, 15) is 18.8 Å². The van der Waals surface area contributed by atoms with Gasteiger partial charge in [-0.05, 0) is 30.3 Å². The fourth-order valence-electron chi connectivity index (χ4n) is 3.13.